The minimum absolute atomic E-state index is 0.186. The van der Waals surface area contributed by atoms with Gasteiger partial charge in [-0.1, -0.05) is 68.2 Å². The quantitative estimate of drug-likeness (QED) is 0.556. The van der Waals surface area contributed by atoms with E-state index in [4.69, 9.17) is 27.9 Å². The molecule has 2 rings (SSSR count). The van der Waals surface area contributed by atoms with Crippen LogP contribution < -0.4 is 10.1 Å². The van der Waals surface area contributed by atoms with Gasteiger partial charge in [-0.2, -0.15) is 0 Å². The molecule has 2 amide bonds. The number of nitrogens with zero attached hydrogens (tertiary/aromatic N) is 1. The molecule has 7 heteroatoms. The number of hydrogen-bond acceptors (Lipinski definition) is 3. The summed E-state index contributed by atoms with van der Waals surface area (Å²) in [5.41, 5.74) is 0.769. The van der Waals surface area contributed by atoms with Gasteiger partial charge in [0, 0.05) is 23.1 Å². The van der Waals surface area contributed by atoms with Crippen molar-refractivity contribution in [2.45, 2.75) is 39.8 Å². The molecule has 1 N–H and O–H groups in total. The third kappa shape index (κ3) is 7.22. The zero-order valence-electron chi connectivity index (χ0n) is 17.5. The summed E-state index contributed by atoms with van der Waals surface area (Å²) < 4.78 is 5.63. The average molecular weight is 451 g/mol. The molecule has 0 aliphatic heterocycles. The molecule has 0 fully saturated rings. The van der Waals surface area contributed by atoms with Crippen molar-refractivity contribution < 1.29 is 14.3 Å². The highest BCUT2D eigenvalue weighted by Gasteiger charge is 2.29. The Morgan fingerprint density at radius 1 is 1.10 bits per heavy atom. The minimum Gasteiger partial charge on any atom is -0.484 e. The van der Waals surface area contributed by atoms with Crippen LogP contribution in [0.2, 0.25) is 10.0 Å². The van der Waals surface area contributed by atoms with Gasteiger partial charge in [0.2, 0.25) is 5.91 Å². The van der Waals surface area contributed by atoms with Gasteiger partial charge in [-0.05, 0) is 42.2 Å². The van der Waals surface area contributed by atoms with Gasteiger partial charge in [-0.15, -0.1) is 0 Å². The summed E-state index contributed by atoms with van der Waals surface area (Å²) in [6.07, 6.45) is 0.470. The van der Waals surface area contributed by atoms with E-state index < -0.39 is 6.04 Å². The molecule has 0 saturated carbocycles. The summed E-state index contributed by atoms with van der Waals surface area (Å²) in [5, 5.41) is 3.99. The molecule has 2 aromatic carbocycles. The lowest BCUT2D eigenvalue weighted by Gasteiger charge is -2.31. The van der Waals surface area contributed by atoms with Crippen LogP contribution in [0, 0.1) is 5.92 Å². The Hall–Kier alpha value is -2.24. The maximum Gasteiger partial charge on any atom is 0.261 e. The molecule has 0 radical (unpaired) electrons. The second-order valence-electron chi connectivity index (χ2n) is 7.42. The molecular formula is C23H28Cl2N2O3. The van der Waals surface area contributed by atoms with Gasteiger partial charge in [0.1, 0.15) is 11.8 Å². The number of hydrogen-bond donors (Lipinski definition) is 1. The Morgan fingerprint density at radius 2 is 1.83 bits per heavy atom. The number of ether oxygens (including phenoxy) is 1. The van der Waals surface area contributed by atoms with Crippen molar-refractivity contribution in [1.82, 2.24) is 10.2 Å². The Labute approximate surface area is 188 Å². The lowest BCUT2D eigenvalue weighted by molar-refractivity contribution is -0.143. The van der Waals surface area contributed by atoms with E-state index >= 15 is 0 Å². The summed E-state index contributed by atoms with van der Waals surface area (Å²) in [7, 11) is 0. The molecule has 0 spiro atoms. The molecule has 0 aromatic heterocycles. The normalized spacial score (nSPS) is 11.8. The molecule has 0 bridgehead atoms. The van der Waals surface area contributed by atoms with Gasteiger partial charge in [0.25, 0.3) is 5.91 Å². The molecule has 0 heterocycles. The highest BCUT2D eigenvalue weighted by Crippen LogP contribution is 2.21. The molecular weight excluding hydrogens is 423 g/mol. The van der Waals surface area contributed by atoms with Gasteiger partial charge in [0.15, 0.2) is 6.61 Å². The van der Waals surface area contributed by atoms with Crippen LogP contribution in [0.3, 0.4) is 0 Å². The fraction of sp³-hybridized carbons (Fsp3) is 0.391. The Bertz CT molecular complexity index is 858. The molecule has 1 atom stereocenters. The van der Waals surface area contributed by atoms with E-state index in [9.17, 15) is 9.59 Å². The number of benzene rings is 2. The predicted octanol–water partition coefficient (Wildman–Crippen LogP) is 4.95. The maximum atomic E-state index is 13.1. The average Bonchev–Trinajstić information content (AvgIpc) is 2.71. The van der Waals surface area contributed by atoms with Gasteiger partial charge < -0.3 is 15.0 Å². The zero-order valence-corrected chi connectivity index (χ0v) is 19.0. The van der Waals surface area contributed by atoms with Crippen molar-refractivity contribution in [1.29, 1.82) is 0 Å². The van der Waals surface area contributed by atoms with Crippen molar-refractivity contribution in [3.63, 3.8) is 0 Å². The van der Waals surface area contributed by atoms with Crippen LogP contribution in [0.4, 0.5) is 0 Å². The summed E-state index contributed by atoms with van der Waals surface area (Å²) in [5.74, 6) is 0.312. The molecule has 0 saturated heterocycles. The second kappa shape index (κ2) is 11.8. The maximum absolute atomic E-state index is 13.1. The number of carbonyl (C=O) groups is 2. The summed E-state index contributed by atoms with van der Waals surface area (Å²) in [6, 6.07) is 13.5. The number of amides is 2. The molecule has 162 valence electrons. The first-order valence-electron chi connectivity index (χ1n) is 10.0. The van der Waals surface area contributed by atoms with Crippen molar-refractivity contribution in [3.8, 4) is 5.75 Å². The van der Waals surface area contributed by atoms with Gasteiger partial charge in [0.05, 0.1) is 0 Å². The third-order valence-corrected chi connectivity index (χ3v) is 5.13. The first-order chi connectivity index (χ1) is 14.3. The lowest BCUT2D eigenvalue weighted by atomic mass is 10.1. The number of carbonyl (C=O) groups excluding carboxylic acids is 2. The van der Waals surface area contributed by atoms with Crippen molar-refractivity contribution in [2.75, 3.05) is 13.2 Å². The molecule has 0 aliphatic carbocycles. The smallest absolute Gasteiger partial charge is 0.261 e. The van der Waals surface area contributed by atoms with Gasteiger partial charge >= 0.3 is 0 Å². The summed E-state index contributed by atoms with van der Waals surface area (Å²) in [6.45, 7) is 6.47. The second-order valence-corrected chi connectivity index (χ2v) is 8.27. The largest absolute Gasteiger partial charge is 0.484 e. The molecule has 2 aromatic rings. The predicted molar refractivity (Wildman–Crippen MR) is 121 cm³/mol. The number of rotatable bonds is 10. The monoisotopic (exact) mass is 450 g/mol. The van der Waals surface area contributed by atoms with Crippen LogP contribution in [-0.4, -0.2) is 35.9 Å². The standard InChI is InChI=1S/C23H28Cl2N2O3/c1-4-21(23(29)26-13-16(2)3)27(14-17-8-5-6-11-20(17)25)22(28)15-30-19-10-7-9-18(24)12-19/h5-12,16,21H,4,13-15H2,1-3H3,(H,26,29)/t21-/m1/s1. The van der Waals surface area contributed by atoms with Gasteiger partial charge in [-0.3, -0.25) is 9.59 Å². The molecule has 0 aliphatic rings. The Kier molecular flexibility index (Phi) is 9.47. The topological polar surface area (TPSA) is 58.6 Å². The minimum atomic E-state index is -0.629. The number of nitrogens with one attached hydrogen (secondary N) is 1. The van der Waals surface area contributed by atoms with E-state index in [-0.39, 0.29) is 25.0 Å². The lowest BCUT2D eigenvalue weighted by Crippen LogP contribution is -2.50. The van der Waals surface area contributed by atoms with Crippen LogP contribution in [-0.2, 0) is 16.1 Å². The SMILES string of the molecule is CC[C@H](C(=O)NCC(C)C)N(Cc1ccccc1Cl)C(=O)COc1cccc(Cl)c1. The van der Waals surface area contributed by atoms with Crippen LogP contribution in [0.15, 0.2) is 48.5 Å². The van der Waals surface area contributed by atoms with Crippen LogP contribution in [0.1, 0.15) is 32.8 Å². The van der Waals surface area contributed by atoms with E-state index in [1.54, 1.807) is 30.3 Å². The zero-order chi connectivity index (χ0) is 22.1. The van der Waals surface area contributed by atoms with E-state index in [2.05, 4.69) is 5.32 Å². The first kappa shape index (κ1) is 24.0. The van der Waals surface area contributed by atoms with Crippen molar-refractivity contribution in [3.05, 3.63) is 64.1 Å². The Morgan fingerprint density at radius 3 is 2.47 bits per heavy atom. The fourth-order valence-corrected chi connectivity index (χ4v) is 3.31. The highest BCUT2D eigenvalue weighted by atomic mass is 35.5. The van der Waals surface area contributed by atoms with E-state index in [1.807, 2.05) is 39.0 Å². The Balaban J connectivity index is 2.21. The van der Waals surface area contributed by atoms with E-state index in [1.165, 1.54) is 4.90 Å². The first-order valence-corrected chi connectivity index (χ1v) is 10.8. The van der Waals surface area contributed by atoms with E-state index in [0.717, 1.165) is 5.56 Å². The number of halogens is 2. The van der Waals surface area contributed by atoms with Gasteiger partial charge in [-0.25, -0.2) is 0 Å². The highest BCUT2D eigenvalue weighted by molar-refractivity contribution is 6.31. The molecule has 5 nitrogen and oxygen atoms in total. The van der Waals surface area contributed by atoms with E-state index in [0.29, 0.717) is 34.7 Å². The van der Waals surface area contributed by atoms with Crippen LogP contribution in [0.25, 0.3) is 0 Å². The fourth-order valence-electron chi connectivity index (χ4n) is 2.94. The van der Waals surface area contributed by atoms with Crippen LogP contribution in [0.5, 0.6) is 5.75 Å². The van der Waals surface area contributed by atoms with Crippen molar-refractivity contribution in [2.24, 2.45) is 5.92 Å². The molecule has 0 unspecified atom stereocenters. The van der Waals surface area contributed by atoms with Crippen molar-refractivity contribution >= 4 is 35.0 Å². The summed E-state index contributed by atoms with van der Waals surface area (Å²) >= 11 is 12.3. The third-order valence-electron chi connectivity index (χ3n) is 4.53. The molecule has 30 heavy (non-hydrogen) atoms. The summed E-state index contributed by atoms with van der Waals surface area (Å²) in [4.78, 5) is 27.5. The van der Waals surface area contributed by atoms with Crippen LogP contribution >= 0.6 is 23.2 Å².